The fourth-order valence-electron chi connectivity index (χ4n) is 2.74. The summed E-state index contributed by atoms with van der Waals surface area (Å²) in [5.41, 5.74) is 8.10. The lowest BCUT2D eigenvalue weighted by Crippen LogP contribution is -2.59. The van der Waals surface area contributed by atoms with Crippen LogP contribution in [-0.4, -0.2) is 22.2 Å². The maximum Gasteiger partial charge on any atom is 0.165 e. The largest absolute Gasteiger partial charge is 0.376 e. The first-order valence-corrected chi connectivity index (χ1v) is 7.73. The van der Waals surface area contributed by atoms with E-state index in [1.165, 1.54) is 11.1 Å². The number of nitrogens with two attached hydrogens (primary N) is 1. The van der Waals surface area contributed by atoms with Crippen LogP contribution in [0.5, 0.6) is 0 Å². The first kappa shape index (κ1) is 15.6. The van der Waals surface area contributed by atoms with E-state index in [0.29, 0.717) is 5.11 Å². The van der Waals surface area contributed by atoms with Gasteiger partial charge in [0.05, 0.1) is 0 Å². The molecule has 1 aromatic rings. The van der Waals surface area contributed by atoms with Crippen LogP contribution in [0.4, 0.5) is 0 Å². The Bertz CT molecular complexity index is 565. The predicted octanol–water partition coefficient (Wildman–Crippen LogP) is 2.86. The molecule has 4 heteroatoms. The molecule has 2 rings (SSSR count). The lowest BCUT2D eigenvalue weighted by atomic mass is 10.00. The van der Waals surface area contributed by atoms with Gasteiger partial charge < -0.3 is 16.0 Å². The molecular formula is C17H23N3S. The molecule has 1 atom stereocenters. The van der Waals surface area contributed by atoms with Gasteiger partial charge in [-0.05, 0) is 55.3 Å². The van der Waals surface area contributed by atoms with Gasteiger partial charge in [0, 0.05) is 12.7 Å². The lowest BCUT2D eigenvalue weighted by Gasteiger charge is -2.43. The van der Waals surface area contributed by atoms with E-state index in [4.69, 9.17) is 18.0 Å². The Morgan fingerprint density at radius 1 is 1.33 bits per heavy atom. The monoisotopic (exact) mass is 301 g/mol. The molecule has 3 N–H and O–H groups in total. The Kier molecular flexibility index (Phi) is 5.02. The summed E-state index contributed by atoms with van der Waals surface area (Å²) in [5.74, 6) is 0. The second-order valence-electron chi connectivity index (χ2n) is 5.34. The Hall–Kier alpha value is -1.81. The summed E-state index contributed by atoms with van der Waals surface area (Å²) in [5, 5.41) is 3.57. The number of hydrogen-bond donors (Lipinski definition) is 2. The third-order valence-electron chi connectivity index (χ3n) is 4.02. The van der Waals surface area contributed by atoms with Crippen molar-refractivity contribution in [2.45, 2.75) is 32.4 Å². The van der Waals surface area contributed by atoms with Crippen molar-refractivity contribution in [3.8, 4) is 0 Å². The van der Waals surface area contributed by atoms with E-state index in [9.17, 15) is 0 Å². The molecule has 112 valence electrons. The number of rotatable bonds is 5. The van der Waals surface area contributed by atoms with Crippen LogP contribution in [0.2, 0.25) is 0 Å². The van der Waals surface area contributed by atoms with Gasteiger partial charge in [0.2, 0.25) is 0 Å². The minimum Gasteiger partial charge on any atom is -0.376 e. The van der Waals surface area contributed by atoms with Crippen molar-refractivity contribution >= 4 is 17.3 Å². The summed E-state index contributed by atoms with van der Waals surface area (Å²) < 4.78 is 0. The molecule has 0 saturated heterocycles. The second-order valence-corrected chi connectivity index (χ2v) is 5.78. The van der Waals surface area contributed by atoms with Gasteiger partial charge in [0.15, 0.2) is 5.11 Å². The minimum absolute atomic E-state index is 0.316. The van der Waals surface area contributed by atoms with Gasteiger partial charge >= 0.3 is 0 Å². The topological polar surface area (TPSA) is 41.3 Å². The molecule has 1 aliphatic heterocycles. The van der Waals surface area contributed by atoms with Crippen LogP contribution in [0, 0.1) is 6.92 Å². The van der Waals surface area contributed by atoms with E-state index < -0.39 is 0 Å². The highest BCUT2D eigenvalue weighted by Crippen LogP contribution is 2.23. The van der Waals surface area contributed by atoms with Gasteiger partial charge in [-0.25, -0.2) is 0 Å². The molecule has 21 heavy (non-hydrogen) atoms. The molecule has 0 bridgehead atoms. The Balaban J connectivity index is 2.13. The van der Waals surface area contributed by atoms with Gasteiger partial charge in [-0.15, -0.1) is 0 Å². The molecule has 0 saturated carbocycles. The summed E-state index contributed by atoms with van der Waals surface area (Å²) in [6, 6.07) is 8.51. The molecule has 1 aromatic carbocycles. The normalized spacial score (nSPS) is 20.6. The van der Waals surface area contributed by atoms with E-state index >= 15 is 0 Å². The summed E-state index contributed by atoms with van der Waals surface area (Å²) in [6.45, 7) is 5.20. The molecule has 1 unspecified atom stereocenters. The van der Waals surface area contributed by atoms with E-state index in [-0.39, 0.29) is 5.66 Å². The highest BCUT2D eigenvalue weighted by molar-refractivity contribution is 7.80. The van der Waals surface area contributed by atoms with Crippen molar-refractivity contribution in [3.05, 3.63) is 59.8 Å². The van der Waals surface area contributed by atoms with Crippen molar-refractivity contribution in [1.29, 1.82) is 0 Å². The third-order valence-corrected chi connectivity index (χ3v) is 4.13. The average molecular weight is 301 g/mol. The van der Waals surface area contributed by atoms with Crippen LogP contribution in [0.25, 0.3) is 0 Å². The van der Waals surface area contributed by atoms with Crippen molar-refractivity contribution in [1.82, 2.24) is 10.2 Å². The van der Waals surface area contributed by atoms with Crippen molar-refractivity contribution in [2.75, 3.05) is 6.54 Å². The van der Waals surface area contributed by atoms with Crippen LogP contribution in [0.15, 0.2) is 48.7 Å². The Labute approximate surface area is 132 Å². The second kappa shape index (κ2) is 6.76. The smallest absolute Gasteiger partial charge is 0.165 e. The maximum absolute atomic E-state index is 5.71. The fraction of sp³-hybridized carbons (Fsp3) is 0.353. The van der Waals surface area contributed by atoms with Gasteiger partial charge in [-0.1, -0.05) is 37.3 Å². The fourth-order valence-corrected chi connectivity index (χ4v) is 2.92. The SMILES string of the molecule is CCC1(NC(N)=S)C=CC=CN1CCc1ccccc1C. The molecule has 0 radical (unpaired) electrons. The van der Waals surface area contributed by atoms with Gasteiger partial charge in [0.25, 0.3) is 0 Å². The lowest BCUT2D eigenvalue weighted by molar-refractivity contribution is 0.171. The number of nitrogens with zero attached hydrogens (tertiary/aromatic N) is 1. The first-order valence-electron chi connectivity index (χ1n) is 7.32. The van der Waals surface area contributed by atoms with E-state index in [1.54, 1.807) is 0 Å². The predicted molar refractivity (Wildman–Crippen MR) is 92.8 cm³/mol. The molecule has 0 spiro atoms. The number of hydrogen-bond acceptors (Lipinski definition) is 2. The van der Waals surface area contributed by atoms with Crippen LogP contribution in [0.1, 0.15) is 24.5 Å². The summed E-state index contributed by atoms with van der Waals surface area (Å²) >= 11 is 5.05. The quantitative estimate of drug-likeness (QED) is 0.821. The zero-order chi connectivity index (χ0) is 15.3. The molecular weight excluding hydrogens is 278 g/mol. The highest BCUT2D eigenvalue weighted by atomic mass is 32.1. The molecule has 0 aromatic heterocycles. The Morgan fingerprint density at radius 3 is 2.76 bits per heavy atom. The van der Waals surface area contributed by atoms with E-state index in [0.717, 1.165) is 19.4 Å². The first-order chi connectivity index (χ1) is 10.1. The van der Waals surface area contributed by atoms with Crippen LogP contribution in [0.3, 0.4) is 0 Å². The summed E-state index contributed by atoms with van der Waals surface area (Å²) in [6.07, 6.45) is 10.2. The summed E-state index contributed by atoms with van der Waals surface area (Å²) in [7, 11) is 0. The van der Waals surface area contributed by atoms with Gasteiger partial charge in [-0.2, -0.15) is 0 Å². The minimum atomic E-state index is -0.316. The maximum atomic E-state index is 5.71. The molecule has 0 amide bonds. The number of allylic oxidation sites excluding steroid dienone is 2. The van der Waals surface area contributed by atoms with Crippen molar-refractivity contribution < 1.29 is 0 Å². The average Bonchev–Trinajstić information content (AvgIpc) is 2.47. The zero-order valence-electron chi connectivity index (χ0n) is 12.7. The standard InChI is InChI=1S/C17H23N3S/c1-3-17(19-16(18)21)11-6-7-12-20(17)13-10-15-9-5-4-8-14(15)2/h4-9,11-12H,3,10,13H2,1-2H3,(H3,18,19,21). The van der Waals surface area contributed by atoms with E-state index in [1.807, 2.05) is 12.2 Å². The zero-order valence-corrected chi connectivity index (χ0v) is 13.5. The number of thiocarbonyl (C=S) groups is 1. The number of aryl methyl sites for hydroxylation is 1. The summed E-state index contributed by atoms with van der Waals surface area (Å²) in [4.78, 5) is 2.28. The number of benzene rings is 1. The molecule has 1 aliphatic rings. The third kappa shape index (κ3) is 3.64. The molecule has 0 fully saturated rings. The Morgan fingerprint density at radius 2 is 2.10 bits per heavy atom. The van der Waals surface area contributed by atoms with Crippen LogP contribution in [-0.2, 0) is 6.42 Å². The van der Waals surface area contributed by atoms with Gasteiger partial charge in [0.1, 0.15) is 5.66 Å². The van der Waals surface area contributed by atoms with Crippen LogP contribution >= 0.6 is 12.2 Å². The molecule has 1 heterocycles. The number of nitrogens with one attached hydrogen (secondary N) is 1. The molecule has 0 aliphatic carbocycles. The van der Waals surface area contributed by atoms with Crippen LogP contribution < -0.4 is 11.1 Å². The van der Waals surface area contributed by atoms with Gasteiger partial charge in [-0.3, -0.25) is 0 Å². The van der Waals surface area contributed by atoms with Crippen molar-refractivity contribution in [3.63, 3.8) is 0 Å². The van der Waals surface area contributed by atoms with E-state index in [2.05, 4.69) is 60.6 Å². The highest BCUT2D eigenvalue weighted by Gasteiger charge is 2.31. The van der Waals surface area contributed by atoms with Crippen molar-refractivity contribution in [2.24, 2.45) is 5.73 Å². The molecule has 3 nitrogen and oxygen atoms in total.